The standard InChI is InChI=1S/C20H28N4OS/c1-5-22-19(25)17-8-6-7-16(12-17)13-23-20(21-4)24-14(2)11-18-10-9-15(3)26-18/h6-10,12,14H,5,11,13H2,1-4H3,(H,22,25)(H2,21,23,24). The average Bonchev–Trinajstić information content (AvgIpc) is 3.03. The normalized spacial score (nSPS) is 12.5. The fourth-order valence-electron chi connectivity index (χ4n) is 2.65. The topological polar surface area (TPSA) is 65.5 Å². The zero-order chi connectivity index (χ0) is 18.9. The van der Waals surface area contributed by atoms with Gasteiger partial charge in [-0.25, -0.2) is 0 Å². The molecule has 2 aromatic rings. The van der Waals surface area contributed by atoms with Crippen LogP contribution >= 0.6 is 11.3 Å². The van der Waals surface area contributed by atoms with Gasteiger partial charge in [-0.05, 0) is 50.6 Å². The van der Waals surface area contributed by atoms with Crippen molar-refractivity contribution in [2.45, 2.75) is 39.8 Å². The van der Waals surface area contributed by atoms with Crippen LogP contribution < -0.4 is 16.0 Å². The molecule has 0 aliphatic carbocycles. The number of carbonyl (C=O) groups is 1. The minimum atomic E-state index is -0.0447. The third kappa shape index (κ3) is 6.19. The monoisotopic (exact) mass is 372 g/mol. The Morgan fingerprint density at radius 3 is 2.69 bits per heavy atom. The smallest absolute Gasteiger partial charge is 0.251 e. The number of thiophene rings is 1. The summed E-state index contributed by atoms with van der Waals surface area (Å²) < 4.78 is 0. The number of amides is 1. The maximum absolute atomic E-state index is 11.9. The van der Waals surface area contributed by atoms with Crippen LogP contribution in [0.3, 0.4) is 0 Å². The third-order valence-corrected chi connectivity index (χ3v) is 4.92. The SMILES string of the molecule is CCNC(=O)c1cccc(CNC(=NC)NC(C)Cc2ccc(C)s2)c1. The van der Waals surface area contributed by atoms with Crippen LogP contribution in [0.15, 0.2) is 41.4 Å². The number of nitrogens with one attached hydrogen (secondary N) is 3. The maximum Gasteiger partial charge on any atom is 0.251 e. The van der Waals surface area contributed by atoms with Gasteiger partial charge in [0.05, 0.1) is 0 Å². The Labute approximate surface area is 159 Å². The van der Waals surface area contributed by atoms with E-state index in [1.165, 1.54) is 9.75 Å². The van der Waals surface area contributed by atoms with Crippen molar-refractivity contribution in [2.24, 2.45) is 4.99 Å². The predicted octanol–water partition coefficient (Wildman–Crippen LogP) is 3.10. The molecule has 0 radical (unpaired) electrons. The van der Waals surface area contributed by atoms with Gasteiger partial charge < -0.3 is 16.0 Å². The second-order valence-corrected chi connectivity index (χ2v) is 7.62. The molecule has 0 fully saturated rings. The molecule has 6 heteroatoms. The summed E-state index contributed by atoms with van der Waals surface area (Å²) in [6.07, 6.45) is 0.964. The van der Waals surface area contributed by atoms with Crippen LogP contribution in [-0.2, 0) is 13.0 Å². The molecule has 5 nitrogen and oxygen atoms in total. The highest BCUT2D eigenvalue weighted by Crippen LogP contribution is 2.16. The zero-order valence-electron chi connectivity index (χ0n) is 15.9. The number of hydrogen-bond acceptors (Lipinski definition) is 3. The highest BCUT2D eigenvalue weighted by molar-refractivity contribution is 7.11. The number of benzene rings is 1. The Kier molecular flexibility index (Phi) is 7.66. The summed E-state index contributed by atoms with van der Waals surface area (Å²) in [5, 5.41) is 9.56. The van der Waals surface area contributed by atoms with E-state index in [1.807, 2.05) is 42.5 Å². The lowest BCUT2D eigenvalue weighted by molar-refractivity contribution is 0.0955. The average molecular weight is 373 g/mol. The number of hydrogen-bond donors (Lipinski definition) is 3. The van der Waals surface area contributed by atoms with E-state index in [0.29, 0.717) is 18.7 Å². The van der Waals surface area contributed by atoms with Crippen LogP contribution in [0.1, 0.15) is 39.5 Å². The van der Waals surface area contributed by atoms with Gasteiger partial charge in [-0.1, -0.05) is 12.1 Å². The lowest BCUT2D eigenvalue weighted by Gasteiger charge is -2.17. The molecule has 1 aromatic carbocycles. The number of aliphatic imine (C=N–C) groups is 1. The maximum atomic E-state index is 11.9. The van der Waals surface area contributed by atoms with Crippen molar-refractivity contribution < 1.29 is 4.79 Å². The van der Waals surface area contributed by atoms with E-state index in [1.54, 1.807) is 7.05 Å². The molecule has 1 atom stereocenters. The van der Waals surface area contributed by atoms with Crippen LogP contribution in [-0.4, -0.2) is 31.5 Å². The van der Waals surface area contributed by atoms with Crippen molar-refractivity contribution in [1.29, 1.82) is 0 Å². The Morgan fingerprint density at radius 1 is 1.23 bits per heavy atom. The minimum absolute atomic E-state index is 0.0447. The zero-order valence-corrected chi connectivity index (χ0v) is 16.7. The van der Waals surface area contributed by atoms with Crippen molar-refractivity contribution in [2.75, 3.05) is 13.6 Å². The first kappa shape index (κ1) is 20.0. The summed E-state index contributed by atoms with van der Waals surface area (Å²) in [5.41, 5.74) is 1.72. The summed E-state index contributed by atoms with van der Waals surface area (Å²) in [7, 11) is 1.77. The quantitative estimate of drug-likeness (QED) is 0.517. The minimum Gasteiger partial charge on any atom is -0.354 e. The van der Waals surface area contributed by atoms with E-state index in [9.17, 15) is 4.79 Å². The Bertz CT molecular complexity index is 754. The molecular weight excluding hydrogens is 344 g/mol. The molecule has 26 heavy (non-hydrogen) atoms. The van der Waals surface area contributed by atoms with Gasteiger partial charge in [0.2, 0.25) is 0 Å². The summed E-state index contributed by atoms with van der Waals surface area (Å²) >= 11 is 1.83. The Hall–Kier alpha value is -2.34. The fraction of sp³-hybridized carbons (Fsp3) is 0.400. The molecule has 3 N–H and O–H groups in total. The molecule has 0 aliphatic rings. The van der Waals surface area contributed by atoms with Gasteiger partial charge in [-0.15, -0.1) is 11.3 Å². The molecule has 2 rings (SSSR count). The molecule has 1 unspecified atom stereocenters. The lowest BCUT2D eigenvalue weighted by Crippen LogP contribution is -2.42. The van der Waals surface area contributed by atoms with Crippen molar-refractivity contribution in [3.05, 3.63) is 57.3 Å². The second-order valence-electron chi connectivity index (χ2n) is 6.25. The number of nitrogens with zero attached hydrogens (tertiary/aromatic N) is 1. The second kappa shape index (κ2) is 9.97. The number of carbonyl (C=O) groups excluding carboxylic acids is 1. The number of rotatable bonds is 7. The molecule has 140 valence electrons. The lowest BCUT2D eigenvalue weighted by atomic mass is 10.1. The molecule has 1 aromatic heterocycles. The van der Waals surface area contributed by atoms with Gasteiger partial charge in [-0.3, -0.25) is 9.79 Å². The first-order valence-electron chi connectivity index (χ1n) is 8.91. The first-order valence-corrected chi connectivity index (χ1v) is 9.73. The van der Waals surface area contributed by atoms with Crippen LogP contribution in [0, 0.1) is 6.92 Å². The summed E-state index contributed by atoms with van der Waals surface area (Å²) in [5.74, 6) is 0.714. The van der Waals surface area contributed by atoms with E-state index in [4.69, 9.17) is 0 Å². The molecule has 1 amide bonds. The van der Waals surface area contributed by atoms with Crippen LogP contribution in [0.5, 0.6) is 0 Å². The highest BCUT2D eigenvalue weighted by atomic mass is 32.1. The predicted molar refractivity (Wildman–Crippen MR) is 110 cm³/mol. The molecule has 0 saturated heterocycles. The van der Waals surface area contributed by atoms with E-state index in [2.05, 4.69) is 46.9 Å². The van der Waals surface area contributed by atoms with Crippen molar-refractivity contribution in [3.63, 3.8) is 0 Å². The first-order chi connectivity index (χ1) is 12.5. The fourth-order valence-corrected chi connectivity index (χ4v) is 3.67. The van der Waals surface area contributed by atoms with Crippen molar-refractivity contribution in [1.82, 2.24) is 16.0 Å². The summed E-state index contributed by atoms with van der Waals surface area (Å²) in [4.78, 5) is 18.9. The highest BCUT2D eigenvalue weighted by Gasteiger charge is 2.09. The van der Waals surface area contributed by atoms with Gasteiger partial charge in [0.25, 0.3) is 5.91 Å². The number of aryl methyl sites for hydroxylation is 1. The molecule has 1 heterocycles. The Balaban J connectivity index is 1.88. The van der Waals surface area contributed by atoms with Gasteiger partial charge in [-0.2, -0.15) is 0 Å². The van der Waals surface area contributed by atoms with Crippen molar-refractivity contribution in [3.8, 4) is 0 Å². The Morgan fingerprint density at radius 2 is 2.04 bits per heavy atom. The van der Waals surface area contributed by atoms with Gasteiger partial charge in [0.1, 0.15) is 0 Å². The molecule has 0 saturated carbocycles. The van der Waals surface area contributed by atoms with Gasteiger partial charge in [0.15, 0.2) is 5.96 Å². The van der Waals surface area contributed by atoms with E-state index in [-0.39, 0.29) is 11.9 Å². The molecule has 0 bridgehead atoms. The van der Waals surface area contributed by atoms with Gasteiger partial charge in [0, 0.05) is 47.9 Å². The van der Waals surface area contributed by atoms with E-state index in [0.717, 1.165) is 17.9 Å². The summed E-state index contributed by atoms with van der Waals surface area (Å²) in [6, 6.07) is 12.2. The third-order valence-electron chi connectivity index (χ3n) is 3.90. The largest absolute Gasteiger partial charge is 0.354 e. The van der Waals surface area contributed by atoms with Crippen LogP contribution in [0.25, 0.3) is 0 Å². The molecular formula is C20H28N4OS. The number of guanidine groups is 1. The molecule has 0 aliphatic heterocycles. The summed E-state index contributed by atoms with van der Waals surface area (Å²) in [6.45, 7) is 7.42. The van der Waals surface area contributed by atoms with Crippen LogP contribution in [0.4, 0.5) is 0 Å². The van der Waals surface area contributed by atoms with E-state index < -0.39 is 0 Å². The van der Waals surface area contributed by atoms with Gasteiger partial charge >= 0.3 is 0 Å². The van der Waals surface area contributed by atoms with Crippen LogP contribution in [0.2, 0.25) is 0 Å². The van der Waals surface area contributed by atoms with Crippen molar-refractivity contribution >= 4 is 23.2 Å². The van der Waals surface area contributed by atoms with E-state index >= 15 is 0 Å². The molecule has 0 spiro atoms.